The number of hydrogen-bond donors (Lipinski definition) is 1. The molecule has 0 bridgehead atoms. The highest BCUT2D eigenvalue weighted by atomic mass is 79.9. The fourth-order valence-electron chi connectivity index (χ4n) is 1.91. The zero-order valence-electron chi connectivity index (χ0n) is 10.7. The molecule has 5 heteroatoms. The summed E-state index contributed by atoms with van der Waals surface area (Å²) in [6.07, 6.45) is -0.248. The van der Waals surface area contributed by atoms with E-state index in [1.807, 2.05) is 24.3 Å². The number of halogens is 3. The number of methoxy groups -OCH3 is 1. The SMILES string of the molecule is COc1cc(Cl)c(C(O)Cc2ccc(Br)cc2)cc1Cl. The Kier molecular flexibility index (Phi) is 5.33. The summed E-state index contributed by atoms with van der Waals surface area (Å²) in [7, 11) is 1.52. The van der Waals surface area contributed by atoms with E-state index in [4.69, 9.17) is 27.9 Å². The predicted octanol–water partition coefficient (Wildman–Crippen LogP) is 5.04. The van der Waals surface area contributed by atoms with Crippen LogP contribution in [0.3, 0.4) is 0 Å². The number of hydrogen-bond acceptors (Lipinski definition) is 2. The number of benzene rings is 2. The van der Waals surface area contributed by atoms with Crippen molar-refractivity contribution in [2.24, 2.45) is 0 Å². The minimum atomic E-state index is -0.716. The van der Waals surface area contributed by atoms with Crippen LogP contribution in [0, 0.1) is 0 Å². The van der Waals surface area contributed by atoms with E-state index in [2.05, 4.69) is 15.9 Å². The molecule has 0 aliphatic rings. The summed E-state index contributed by atoms with van der Waals surface area (Å²) in [5.41, 5.74) is 1.61. The van der Waals surface area contributed by atoms with Crippen molar-refractivity contribution in [1.82, 2.24) is 0 Å². The topological polar surface area (TPSA) is 29.5 Å². The lowest BCUT2D eigenvalue weighted by Crippen LogP contribution is -2.03. The summed E-state index contributed by atoms with van der Waals surface area (Å²) in [4.78, 5) is 0. The maximum Gasteiger partial charge on any atom is 0.138 e. The first-order valence-electron chi connectivity index (χ1n) is 5.96. The van der Waals surface area contributed by atoms with Crippen molar-refractivity contribution in [2.45, 2.75) is 12.5 Å². The Labute approximate surface area is 136 Å². The van der Waals surface area contributed by atoms with Crippen LogP contribution >= 0.6 is 39.1 Å². The highest BCUT2D eigenvalue weighted by molar-refractivity contribution is 9.10. The third kappa shape index (κ3) is 3.67. The van der Waals surface area contributed by atoms with E-state index < -0.39 is 6.10 Å². The molecule has 0 saturated heterocycles. The second kappa shape index (κ2) is 6.81. The quantitative estimate of drug-likeness (QED) is 0.810. The molecule has 2 aromatic rings. The fourth-order valence-corrected chi connectivity index (χ4v) is 2.70. The number of ether oxygens (including phenoxy) is 1. The molecule has 0 aromatic heterocycles. The van der Waals surface area contributed by atoms with Gasteiger partial charge in [-0.1, -0.05) is 51.3 Å². The molecule has 2 nitrogen and oxygen atoms in total. The average Bonchev–Trinajstić information content (AvgIpc) is 2.43. The molecule has 1 unspecified atom stereocenters. The Morgan fingerprint density at radius 3 is 2.40 bits per heavy atom. The Balaban J connectivity index is 2.22. The van der Waals surface area contributed by atoms with Crippen LogP contribution in [0.2, 0.25) is 10.0 Å². The first-order valence-corrected chi connectivity index (χ1v) is 7.51. The standard InChI is InChI=1S/C15H13BrCl2O2/c1-20-15-8-12(17)11(7-13(15)18)14(19)6-9-2-4-10(16)5-3-9/h2-5,7-8,14,19H,6H2,1H3. The Morgan fingerprint density at radius 1 is 1.15 bits per heavy atom. The van der Waals surface area contributed by atoms with Crippen LogP contribution in [-0.4, -0.2) is 12.2 Å². The maximum absolute atomic E-state index is 10.3. The van der Waals surface area contributed by atoms with Gasteiger partial charge in [0.2, 0.25) is 0 Å². The van der Waals surface area contributed by atoms with E-state index in [1.165, 1.54) is 7.11 Å². The number of rotatable bonds is 4. The number of aliphatic hydroxyl groups is 1. The molecule has 20 heavy (non-hydrogen) atoms. The first-order chi connectivity index (χ1) is 9.51. The summed E-state index contributed by atoms with van der Waals surface area (Å²) < 4.78 is 6.09. The lowest BCUT2D eigenvalue weighted by atomic mass is 10.0. The van der Waals surface area contributed by atoms with Gasteiger partial charge in [-0.05, 0) is 23.8 Å². The Hall–Kier alpha value is -0.740. The van der Waals surface area contributed by atoms with Crippen molar-refractivity contribution in [1.29, 1.82) is 0 Å². The molecule has 0 amide bonds. The van der Waals surface area contributed by atoms with E-state index in [0.29, 0.717) is 27.8 Å². The van der Waals surface area contributed by atoms with Gasteiger partial charge in [0.05, 0.1) is 23.3 Å². The van der Waals surface area contributed by atoms with Crippen LogP contribution in [0.15, 0.2) is 40.9 Å². The molecule has 106 valence electrons. The van der Waals surface area contributed by atoms with Crippen LogP contribution in [0.5, 0.6) is 5.75 Å². The molecular weight excluding hydrogens is 363 g/mol. The van der Waals surface area contributed by atoms with Gasteiger partial charge in [-0.2, -0.15) is 0 Å². The highest BCUT2D eigenvalue weighted by Crippen LogP contribution is 2.35. The van der Waals surface area contributed by atoms with Crippen molar-refractivity contribution < 1.29 is 9.84 Å². The van der Waals surface area contributed by atoms with Gasteiger partial charge in [0.25, 0.3) is 0 Å². The van der Waals surface area contributed by atoms with Crippen LogP contribution in [0.1, 0.15) is 17.2 Å². The van der Waals surface area contributed by atoms with E-state index >= 15 is 0 Å². The van der Waals surface area contributed by atoms with Crippen LogP contribution in [0.25, 0.3) is 0 Å². The van der Waals surface area contributed by atoms with E-state index in [9.17, 15) is 5.11 Å². The van der Waals surface area contributed by atoms with Gasteiger partial charge in [-0.3, -0.25) is 0 Å². The second-order valence-corrected chi connectivity index (χ2v) is 6.08. The lowest BCUT2D eigenvalue weighted by Gasteiger charge is -2.15. The van der Waals surface area contributed by atoms with Gasteiger partial charge < -0.3 is 9.84 Å². The summed E-state index contributed by atoms with van der Waals surface area (Å²) in [6.45, 7) is 0. The molecule has 2 rings (SSSR count). The minimum Gasteiger partial charge on any atom is -0.495 e. The molecular formula is C15H13BrCl2O2. The van der Waals surface area contributed by atoms with E-state index in [1.54, 1.807) is 12.1 Å². The van der Waals surface area contributed by atoms with Crippen molar-refractivity contribution in [3.63, 3.8) is 0 Å². The van der Waals surface area contributed by atoms with Gasteiger partial charge in [0.15, 0.2) is 0 Å². The predicted molar refractivity (Wildman–Crippen MR) is 85.8 cm³/mol. The van der Waals surface area contributed by atoms with Crippen molar-refractivity contribution in [3.8, 4) is 5.75 Å². The average molecular weight is 376 g/mol. The third-order valence-corrected chi connectivity index (χ3v) is 4.12. The molecule has 0 radical (unpaired) electrons. The molecule has 0 spiro atoms. The monoisotopic (exact) mass is 374 g/mol. The van der Waals surface area contributed by atoms with Crippen LogP contribution < -0.4 is 4.74 Å². The molecule has 0 saturated carbocycles. The van der Waals surface area contributed by atoms with Crippen molar-refractivity contribution in [3.05, 3.63) is 62.0 Å². The van der Waals surface area contributed by atoms with E-state index in [-0.39, 0.29) is 0 Å². The minimum absolute atomic E-state index is 0.432. The molecule has 0 aliphatic carbocycles. The molecule has 1 N–H and O–H groups in total. The van der Waals surface area contributed by atoms with Gasteiger partial charge in [0, 0.05) is 22.5 Å². The maximum atomic E-state index is 10.3. The Bertz CT molecular complexity index is 600. The second-order valence-electron chi connectivity index (χ2n) is 4.35. The summed E-state index contributed by atoms with van der Waals surface area (Å²) in [5.74, 6) is 0.497. The summed E-state index contributed by atoms with van der Waals surface area (Å²) in [5, 5.41) is 11.2. The van der Waals surface area contributed by atoms with Gasteiger partial charge in [-0.15, -0.1) is 0 Å². The number of aliphatic hydroxyl groups excluding tert-OH is 1. The van der Waals surface area contributed by atoms with E-state index in [0.717, 1.165) is 10.0 Å². The largest absolute Gasteiger partial charge is 0.495 e. The molecule has 0 heterocycles. The fraction of sp³-hybridized carbons (Fsp3) is 0.200. The molecule has 2 aromatic carbocycles. The lowest BCUT2D eigenvalue weighted by molar-refractivity contribution is 0.178. The van der Waals surface area contributed by atoms with Gasteiger partial charge >= 0.3 is 0 Å². The highest BCUT2D eigenvalue weighted by Gasteiger charge is 2.15. The van der Waals surface area contributed by atoms with Gasteiger partial charge in [0.1, 0.15) is 5.75 Å². The smallest absolute Gasteiger partial charge is 0.138 e. The third-order valence-electron chi connectivity index (χ3n) is 2.97. The zero-order chi connectivity index (χ0) is 14.7. The van der Waals surface area contributed by atoms with Crippen molar-refractivity contribution >= 4 is 39.1 Å². The molecule has 0 aliphatic heterocycles. The van der Waals surface area contributed by atoms with Crippen LogP contribution in [0.4, 0.5) is 0 Å². The zero-order valence-corrected chi connectivity index (χ0v) is 13.8. The normalized spacial score (nSPS) is 12.2. The van der Waals surface area contributed by atoms with Crippen molar-refractivity contribution in [2.75, 3.05) is 7.11 Å². The molecule has 0 fully saturated rings. The van der Waals surface area contributed by atoms with Gasteiger partial charge in [-0.25, -0.2) is 0 Å². The van der Waals surface area contributed by atoms with Crippen LogP contribution in [-0.2, 0) is 6.42 Å². The first kappa shape index (κ1) is 15.6. The molecule has 1 atom stereocenters. The summed E-state index contributed by atoms with van der Waals surface area (Å²) >= 11 is 15.6. The Morgan fingerprint density at radius 2 is 1.80 bits per heavy atom. The summed E-state index contributed by atoms with van der Waals surface area (Å²) in [6, 6.07) is 11.0.